The summed E-state index contributed by atoms with van der Waals surface area (Å²) in [6.07, 6.45) is 0. The molecule has 3 rings (SSSR count). The summed E-state index contributed by atoms with van der Waals surface area (Å²) in [5.74, 6) is 0.855. The van der Waals surface area contributed by atoms with Gasteiger partial charge in [0.15, 0.2) is 0 Å². The van der Waals surface area contributed by atoms with Crippen LogP contribution in [0.4, 0.5) is 0 Å². The zero-order valence-electron chi connectivity index (χ0n) is 11.0. The molecule has 0 aliphatic rings. The van der Waals surface area contributed by atoms with Crippen LogP contribution in [0.1, 0.15) is 16.5 Å². The molecule has 2 aromatic carbocycles. The summed E-state index contributed by atoms with van der Waals surface area (Å²) in [6, 6.07) is 13.7. The molecule has 0 aliphatic carbocycles. The molecule has 3 aromatic rings. The van der Waals surface area contributed by atoms with Crippen molar-refractivity contribution in [2.24, 2.45) is 5.73 Å². The number of hydrogen-bond donors (Lipinski definition) is 1. The highest BCUT2D eigenvalue weighted by Gasteiger charge is 2.17. The third-order valence-electron chi connectivity index (χ3n) is 3.40. The van der Waals surface area contributed by atoms with Crippen LogP contribution in [0.5, 0.6) is 5.75 Å². The summed E-state index contributed by atoms with van der Waals surface area (Å²) >= 11 is 7.78. The normalized spacial score (nSPS) is 12.6. The van der Waals surface area contributed by atoms with Gasteiger partial charge in [-0.05, 0) is 28.5 Å². The van der Waals surface area contributed by atoms with Crippen molar-refractivity contribution in [2.75, 3.05) is 7.11 Å². The Kier molecular flexibility index (Phi) is 3.66. The molecule has 0 aliphatic heterocycles. The lowest BCUT2D eigenvalue weighted by molar-refractivity contribution is 0.419. The molecule has 0 fully saturated rings. The topological polar surface area (TPSA) is 35.2 Å². The van der Waals surface area contributed by atoms with Crippen LogP contribution >= 0.6 is 22.9 Å². The van der Waals surface area contributed by atoms with Crippen LogP contribution in [-0.2, 0) is 0 Å². The van der Waals surface area contributed by atoms with Crippen LogP contribution in [0.2, 0.25) is 5.02 Å². The second-order valence-electron chi connectivity index (χ2n) is 4.51. The number of hydrogen-bond acceptors (Lipinski definition) is 3. The van der Waals surface area contributed by atoms with E-state index in [1.807, 2.05) is 41.8 Å². The Hall–Kier alpha value is -1.55. The van der Waals surface area contributed by atoms with Crippen LogP contribution in [0.15, 0.2) is 47.8 Å². The van der Waals surface area contributed by atoms with Crippen molar-refractivity contribution in [3.63, 3.8) is 0 Å². The van der Waals surface area contributed by atoms with E-state index in [0.717, 1.165) is 32.0 Å². The third kappa shape index (κ3) is 2.18. The number of nitrogens with two attached hydrogens (primary N) is 1. The van der Waals surface area contributed by atoms with Gasteiger partial charge in [0, 0.05) is 10.3 Å². The molecular weight excluding hydrogens is 290 g/mol. The molecule has 0 saturated heterocycles. The first-order valence-electron chi connectivity index (χ1n) is 6.26. The van der Waals surface area contributed by atoms with Gasteiger partial charge in [0.25, 0.3) is 0 Å². The molecule has 1 atom stereocenters. The van der Waals surface area contributed by atoms with Gasteiger partial charge in [-0.2, -0.15) is 0 Å². The fourth-order valence-corrected chi connectivity index (χ4v) is 3.61. The maximum atomic E-state index is 6.40. The Morgan fingerprint density at radius 3 is 2.50 bits per heavy atom. The van der Waals surface area contributed by atoms with Crippen LogP contribution in [0.25, 0.3) is 10.8 Å². The SMILES string of the molecule is COc1ccc(C(N)c2sccc2Cl)c2ccccc12. The third-order valence-corrected chi connectivity index (χ3v) is 4.84. The van der Waals surface area contributed by atoms with Crippen LogP contribution in [0, 0.1) is 0 Å². The van der Waals surface area contributed by atoms with Gasteiger partial charge >= 0.3 is 0 Å². The largest absolute Gasteiger partial charge is 0.496 e. The van der Waals surface area contributed by atoms with Gasteiger partial charge in [-0.15, -0.1) is 11.3 Å². The van der Waals surface area contributed by atoms with Crippen LogP contribution < -0.4 is 10.5 Å². The first-order chi connectivity index (χ1) is 9.72. The first kappa shape index (κ1) is 13.4. The minimum Gasteiger partial charge on any atom is -0.496 e. The maximum Gasteiger partial charge on any atom is 0.126 e. The molecule has 0 bridgehead atoms. The standard InChI is InChI=1S/C16H14ClNOS/c1-19-14-7-6-12(10-4-2-3-5-11(10)14)15(18)16-13(17)8-9-20-16/h2-9,15H,18H2,1H3. The van der Waals surface area contributed by atoms with Crippen LogP contribution in [0.3, 0.4) is 0 Å². The number of thiophene rings is 1. The van der Waals surface area contributed by atoms with Crippen molar-refractivity contribution in [3.8, 4) is 5.75 Å². The Morgan fingerprint density at radius 2 is 1.85 bits per heavy atom. The maximum absolute atomic E-state index is 6.40. The van der Waals surface area contributed by atoms with E-state index >= 15 is 0 Å². The number of fused-ring (bicyclic) bond motifs is 1. The predicted molar refractivity (Wildman–Crippen MR) is 85.9 cm³/mol. The van der Waals surface area contributed by atoms with E-state index in [0.29, 0.717) is 0 Å². The van der Waals surface area contributed by atoms with Gasteiger partial charge in [0.1, 0.15) is 5.75 Å². The molecule has 0 spiro atoms. The van der Waals surface area contributed by atoms with Crippen molar-refractivity contribution in [3.05, 3.63) is 63.3 Å². The fraction of sp³-hybridized carbons (Fsp3) is 0.125. The van der Waals surface area contributed by atoms with Crippen LogP contribution in [-0.4, -0.2) is 7.11 Å². The summed E-state index contributed by atoms with van der Waals surface area (Å²) in [7, 11) is 1.68. The quantitative estimate of drug-likeness (QED) is 0.767. The molecule has 2 nitrogen and oxygen atoms in total. The van der Waals surface area contributed by atoms with E-state index in [9.17, 15) is 0 Å². The average molecular weight is 304 g/mol. The lowest BCUT2D eigenvalue weighted by atomic mass is 9.97. The summed E-state index contributed by atoms with van der Waals surface area (Å²) < 4.78 is 5.41. The summed E-state index contributed by atoms with van der Waals surface area (Å²) in [6.45, 7) is 0. The highest BCUT2D eigenvalue weighted by Crippen LogP contribution is 2.36. The number of rotatable bonds is 3. The van der Waals surface area contributed by atoms with E-state index in [4.69, 9.17) is 22.1 Å². The monoisotopic (exact) mass is 303 g/mol. The molecule has 0 saturated carbocycles. The summed E-state index contributed by atoms with van der Waals surface area (Å²) in [4.78, 5) is 0.988. The summed E-state index contributed by atoms with van der Waals surface area (Å²) in [5, 5.41) is 4.85. The second kappa shape index (κ2) is 5.44. The zero-order chi connectivity index (χ0) is 14.1. The van der Waals surface area contributed by atoms with E-state index in [2.05, 4.69) is 6.07 Å². The minimum atomic E-state index is -0.224. The predicted octanol–water partition coefficient (Wildman–Crippen LogP) is 4.61. The summed E-state index contributed by atoms with van der Waals surface area (Å²) in [5.41, 5.74) is 7.47. The number of halogens is 1. The number of methoxy groups -OCH3 is 1. The molecule has 2 N–H and O–H groups in total. The Morgan fingerprint density at radius 1 is 1.10 bits per heavy atom. The lowest BCUT2D eigenvalue weighted by Gasteiger charge is -2.16. The molecule has 4 heteroatoms. The minimum absolute atomic E-state index is 0.224. The van der Waals surface area contributed by atoms with Gasteiger partial charge in [-0.1, -0.05) is 41.9 Å². The second-order valence-corrected chi connectivity index (χ2v) is 5.87. The molecular formula is C16H14ClNOS. The van der Waals surface area contributed by atoms with Crippen molar-refractivity contribution in [1.29, 1.82) is 0 Å². The molecule has 0 amide bonds. The molecule has 1 heterocycles. The highest BCUT2D eigenvalue weighted by molar-refractivity contribution is 7.10. The Bertz CT molecular complexity index is 753. The average Bonchev–Trinajstić information content (AvgIpc) is 2.91. The molecule has 102 valence electrons. The van der Waals surface area contributed by atoms with E-state index in [1.165, 1.54) is 0 Å². The number of benzene rings is 2. The first-order valence-corrected chi connectivity index (χ1v) is 7.52. The molecule has 1 unspecified atom stereocenters. The van der Waals surface area contributed by atoms with E-state index in [1.54, 1.807) is 18.4 Å². The molecule has 0 radical (unpaired) electrons. The molecule has 1 aromatic heterocycles. The van der Waals surface area contributed by atoms with Gasteiger partial charge in [-0.25, -0.2) is 0 Å². The van der Waals surface area contributed by atoms with Gasteiger partial charge in [-0.3, -0.25) is 0 Å². The highest BCUT2D eigenvalue weighted by atomic mass is 35.5. The molecule has 20 heavy (non-hydrogen) atoms. The zero-order valence-corrected chi connectivity index (χ0v) is 12.5. The van der Waals surface area contributed by atoms with Gasteiger partial charge in [0.2, 0.25) is 0 Å². The number of ether oxygens (including phenoxy) is 1. The smallest absolute Gasteiger partial charge is 0.126 e. The van der Waals surface area contributed by atoms with Gasteiger partial charge in [0.05, 0.1) is 18.2 Å². The van der Waals surface area contributed by atoms with Crippen molar-refractivity contribution in [1.82, 2.24) is 0 Å². The lowest BCUT2D eigenvalue weighted by Crippen LogP contribution is -2.11. The van der Waals surface area contributed by atoms with Crippen molar-refractivity contribution >= 4 is 33.7 Å². The van der Waals surface area contributed by atoms with Crippen molar-refractivity contribution < 1.29 is 4.74 Å². The van der Waals surface area contributed by atoms with Gasteiger partial charge < -0.3 is 10.5 Å². The van der Waals surface area contributed by atoms with Crippen molar-refractivity contribution in [2.45, 2.75) is 6.04 Å². The van der Waals surface area contributed by atoms with E-state index in [-0.39, 0.29) is 6.04 Å². The van der Waals surface area contributed by atoms with E-state index < -0.39 is 0 Å². The Balaban J connectivity index is 2.20. The fourth-order valence-electron chi connectivity index (χ4n) is 2.41. The Labute approximate surface area is 126 Å².